The van der Waals surface area contributed by atoms with Gasteiger partial charge in [-0.1, -0.05) is 23.8 Å². The molecule has 0 fully saturated rings. The fourth-order valence-electron chi connectivity index (χ4n) is 2.84. The number of hydrogen-bond acceptors (Lipinski definition) is 4. The molecule has 3 rings (SSSR count). The summed E-state index contributed by atoms with van der Waals surface area (Å²) in [4.78, 5) is 19.1. The molecular formula is C16H15ClFN3O2. The third kappa shape index (κ3) is 3.47. The Kier molecular flexibility index (Phi) is 4.52. The number of fused-ring (bicyclic) bond motifs is 1. The van der Waals surface area contributed by atoms with Crippen molar-refractivity contribution in [2.45, 2.75) is 25.1 Å². The molecule has 1 aromatic carbocycles. The third-order valence-electron chi connectivity index (χ3n) is 3.92. The average molecular weight is 336 g/mol. The highest BCUT2D eigenvalue weighted by atomic mass is 35.5. The van der Waals surface area contributed by atoms with E-state index in [-0.39, 0.29) is 6.54 Å². The Morgan fingerprint density at radius 3 is 3.00 bits per heavy atom. The summed E-state index contributed by atoms with van der Waals surface area (Å²) in [5.74, 6) is -0.484. The van der Waals surface area contributed by atoms with Gasteiger partial charge in [-0.3, -0.25) is 20.1 Å². The third-order valence-corrected chi connectivity index (χ3v) is 4.15. The van der Waals surface area contributed by atoms with E-state index < -0.39 is 23.1 Å². The van der Waals surface area contributed by atoms with Crippen molar-refractivity contribution in [1.82, 2.24) is 0 Å². The summed E-state index contributed by atoms with van der Waals surface area (Å²) in [7, 11) is 0. The molecule has 0 spiro atoms. The molecule has 0 N–H and O–H groups in total. The molecular weight excluding hydrogens is 321 g/mol. The van der Waals surface area contributed by atoms with Gasteiger partial charge in [-0.25, -0.2) is 4.39 Å². The zero-order valence-corrected chi connectivity index (χ0v) is 13.0. The summed E-state index contributed by atoms with van der Waals surface area (Å²) in [6.07, 6.45) is 5.27. The van der Waals surface area contributed by atoms with Crippen LogP contribution < -0.4 is 10.6 Å². The first-order valence-corrected chi connectivity index (χ1v) is 7.76. The van der Waals surface area contributed by atoms with Crippen LogP contribution in [-0.4, -0.2) is 29.9 Å². The Balaban J connectivity index is 2.17. The van der Waals surface area contributed by atoms with Gasteiger partial charge in [-0.15, -0.1) is 0 Å². The van der Waals surface area contributed by atoms with Crippen molar-refractivity contribution >= 4 is 23.5 Å². The minimum absolute atomic E-state index is 0.349. The van der Waals surface area contributed by atoms with E-state index in [1.165, 1.54) is 6.21 Å². The van der Waals surface area contributed by atoms with Gasteiger partial charge in [0.25, 0.3) is 0 Å². The molecule has 0 unspecified atom stereocenters. The maximum absolute atomic E-state index is 14.3. The second-order valence-corrected chi connectivity index (χ2v) is 6.02. The number of nitrogens with zero attached hydrogens (tertiary/aromatic N) is 3. The lowest BCUT2D eigenvalue weighted by atomic mass is 9.90. The summed E-state index contributed by atoms with van der Waals surface area (Å²) in [6.45, 7) is -0.349. The van der Waals surface area contributed by atoms with Crippen LogP contribution in [0.15, 0.2) is 40.3 Å². The van der Waals surface area contributed by atoms with Gasteiger partial charge in [0.2, 0.25) is 6.54 Å². The molecule has 120 valence electrons. The van der Waals surface area contributed by atoms with Crippen molar-refractivity contribution in [1.29, 1.82) is 0 Å². The van der Waals surface area contributed by atoms with Crippen molar-refractivity contribution in [2.24, 2.45) is 15.9 Å². The molecule has 0 amide bonds. The lowest BCUT2D eigenvalue weighted by Crippen LogP contribution is -2.32. The molecule has 0 saturated heterocycles. The first-order chi connectivity index (χ1) is 11.0. The molecule has 7 heteroatoms. The fraction of sp³-hybridized carbons (Fsp3) is 0.375. The number of aliphatic imine (C=N–C) groups is 1. The van der Waals surface area contributed by atoms with Gasteiger partial charge in [-0.2, -0.15) is 0 Å². The van der Waals surface area contributed by atoms with Crippen LogP contribution in [-0.2, 0) is 0 Å². The summed E-state index contributed by atoms with van der Waals surface area (Å²) >= 11 is 6.06. The van der Waals surface area contributed by atoms with Gasteiger partial charge in [0.05, 0.1) is 17.0 Å². The largest absolute Gasteiger partial charge is 0.269 e. The van der Waals surface area contributed by atoms with Crippen LogP contribution in [0.2, 0.25) is 5.02 Å². The zero-order chi connectivity index (χ0) is 16.4. The Labute approximate surface area is 137 Å². The first-order valence-electron chi connectivity index (χ1n) is 7.39. The molecule has 2 aliphatic rings. The molecule has 23 heavy (non-hydrogen) atoms. The number of nitro groups is 1. The van der Waals surface area contributed by atoms with E-state index in [4.69, 9.17) is 11.6 Å². The Hall–Kier alpha value is -2.08. The van der Waals surface area contributed by atoms with Gasteiger partial charge >= 0.3 is 0 Å². The van der Waals surface area contributed by atoms with Crippen LogP contribution in [0, 0.1) is 16.0 Å². The highest BCUT2D eigenvalue weighted by Crippen LogP contribution is 2.28. The quantitative estimate of drug-likeness (QED) is 0.482. The van der Waals surface area contributed by atoms with E-state index in [2.05, 4.69) is 9.98 Å². The van der Waals surface area contributed by atoms with Crippen molar-refractivity contribution in [3.8, 4) is 0 Å². The van der Waals surface area contributed by atoms with Crippen molar-refractivity contribution in [3.05, 3.63) is 56.1 Å². The average Bonchev–Trinajstić information content (AvgIpc) is 2.66. The van der Waals surface area contributed by atoms with E-state index in [0.29, 0.717) is 34.1 Å². The Morgan fingerprint density at radius 1 is 1.43 bits per heavy atom. The topological polar surface area (TPSA) is 67.9 Å². The van der Waals surface area contributed by atoms with Crippen molar-refractivity contribution < 1.29 is 9.31 Å². The van der Waals surface area contributed by atoms with E-state index in [9.17, 15) is 14.5 Å². The van der Waals surface area contributed by atoms with Gasteiger partial charge in [0, 0.05) is 21.4 Å². The second kappa shape index (κ2) is 6.58. The van der Waals surface area contributed by atoms with Crippen molar-refractivity contribution in [2.75, 3.05) is 6.54 Å². The molecule has 0 aromatic heterocycles. The molecule has 0 radical (unpaired) electrons. The molecule has 1 aromatic rings. The standard InChI is InChI=1S/C16H15ClFN3O2/c17-10-5-6-15-13(7-10)16(12-3-1-2-4-14(12)18)19-8-11(20-15)9-21(22)23/h1,3,5-8,11-12,14H,2,4,9H2/t11-,12-,14-/m0/s1. The van der Waals surface area contributed by atoms with Gasteiger partial charge in [0.15, 0.2) is 0 Å². The summed E-state index contributed by atoms with van der Waals surface area (Å²) < 4.78 is 14.3. The number of hydrogen-bond donors (Lipinski definition) is 0. The van der Waals surface area contributed by atoms with Crippen LogP contribution in [0.1, 0.15) is 12.8 Å². The van der Waals surface area contributed by atoms with Gasteiger partial charge < -0.3 is 0 Å². The highest BCUT2D eigenvalue weighted by Gasteiger charge is 2.26. The molecule has 1 heterocycles. The fourth-order valence-corrected chi connectivity index (χ4v) is 3.01. The zero-order valence-electron chi connectivity index (χ0n) is 12.2. The predicted octanol–water partition coefficient (Wildman–Crippen LogP) is 2.10. The molecule has 3 atom stereocenters. The molecule has 5 nitrogen and oxygen atoms in total. The predicted molar refractivity (Wildman–Crippen MR) is 86.5 cm³/mol. The minimum atomic E-state index is -1.04. The van der Waals surface area contributed by atoms with Gasteiger partial charge in [0.1, 0.15) is 12.2 Å². The maximum Gasteiger partial charge on any atom is 0.231 e. The monoisotopic (exact) mass is 335 g/mol. The van der Waals surface area contributed by atoms with Crippen LogP contribution >= 0.6 is 11.6 Å². The van der Waals surface area contributed by atoms with Crippen LogP contribution in [0.3, 0.4) is 0 Å². The highest BCUT2D eigenvalue weighted by molar-refractivity contribution is 6.30. The van der Waals surface area contributed by atoms with Crippen LogP contribution in [0.4, 0.5) is 4.39 Å². The number of alkyl halides is 1. The summed E-state index contributed by atoms with van der Waals surface area (Å²) in [6, 6.07) is 4.38. The summed E-state index contributed by atoms with van der Waals surface area (Å²) in [5, 5.41) is 12.5. The maximum atomic E-state index is 14.3. The lowest BCUT2D eigenvalue weighted by molar-refractivity contribution is -0.479. The normalized spacial score (nSPS) is 26.3. The van der Waals surface area contributed by atoms with E-state index in [0.717, 1.165) is 0 Å². The molecule has 1 aliphatic carbocycles. The van der Waals surface area contributed by atoms with Gasteiger partial charge in [-0.05, 0) is 31.0 Å². The van der Waals surface area contributed by atoms with Crippen LogP contribution in [0.25, 0.3) is 5.70 Å². The minimum Gasteiger partial charge on any atom is -0.269 e. The number of rotatable bonds is 3. The smallest absolute Gasteiger partial charge is 0.231 e. The lowest BCUT2D eigenvalue weighted by Gasteiger charge is -2.21. The van der Waals surface area contributed by atoms with Crippen LogP contribution in [0.5, 0.6) is 0 Å². The molecule has 0 bridgehead atoms. The number of halogens is 2. The first kappa shape index (κ1) is 15.8. The SMILES string of the molecule is O=[N+]([O-])C[C@@H]1C=NC([C@H]2C=CCC[C@@H]2F)=c2cc(Cl)ccc2=N1. The molecule has 0 saturated carbocycles. The molecule has 1 aliphatic heterocycles. The second-order valence-electron chi connectivity index (χ2n) is 5.58. The van der Waals surface area contributed by atoms with Crippen molar-refractivity contribution in [3.63, 3.8) is 0 Å². The summed E-state index contributed by atoms with van der Waals surface area (Å²) in [5.41, 5.74) is 0.528. The van der Waals surface area contributed by atoms with E-state index in [1.807, 2.05) is 6.08 Å². The van der Waals surface area contributed by atoms with E-state index in [1.54, 1.807) is 24.3 Å². The number of benzene rings is 1. The van der Waals surface area contributed by atoms with E-state index >= 15 is 0 Å². The Morgan fingerprint density at radius 2 is 2.26 bits per heavy atom. The number of allylic oxidation sites excluding steroid dienone is 1. The Bertz CT molecular complexity index is 806.